The first-order chi connectivity index (χ1) is 13.8. The lowest BCUT2D eigenvalue weighted by atomic mass is 9.84. The Morgan fingerprint density at radius 3 is 2.61 bits per heavy atom. The number of hydrogen-bond donors (Lipinski definition) is 2. The lowest BCUT2D eigenvalue weighted by Crippen LogP contribution is -3.17. The second-order valence-corrected chi connectivity index (χ2v) is 7.78. The van der Waals surface area contributed by atoms with E-state index in [1.165, 1.54) is 25.9 Å². The molecule has 1 amide bonds. The molecule has 3 aromatic rings. The third-order valence-corrected chi connectivity index (χ3v) is 6.05. The second-order valence-electron chi connectivity index (χ2n) is 7.78. The number of piperidine rings is 3. The second kappa shape index (κ2) is 7.20. The fourth-order valence-corrected chi connectivity index (χ4v) is 4.52. The van der Waals surface area contributed by atoms with Crippen LogP contribution in [0, 0.1) is 5.92 Å². The zero-order chi connectivity index (χ0) is 18.9. The number of nitrogens with zero attached hydrogens (tertiary/aromatic N) is 3. The molecule has 0 unspecified atom stereocenters. The van der Waals surface area contributed by atoms with Gasteiger partial charge in [0.15, 0.2) is 0 Å². The summed E-state index contributed by atoms with van der Waals surface area (Å²) in [7, 11) is 0. The molecule has 28 heavy (non-hydrogen) atoms. The van der Waals surface area contributed by atoms with Crippen LogP contribution in [0.4, 0.5) is 0 Å². The van der Waals surface area contributed by atoms with E-state index in [4.69, 9.17) is 5.10 Å². The number of benzene rings is 1. The Labute approximate surface area is 164 Å². The van der Waals surface area contributed by atoms with Gasteiger partial charge in [0.2, 0.25) is 0 Å². The van der Waals surface area contributed by atoms with E-state index < -0.39 is 0 Å². The minimum atomic E-state index is -0.0424. The number of carbonyl (C=O) groups excluding carboxylic acids is 1. The molecule has 2 aromatic heterocycles. The Morgan fingerprint density at radius 2 is 1.93 bits per heavy atom. The lowest BCUT2D eigenvalue weighted by Gasteiger charge is -2.42. The normalized spacial score (nSPS) is 23.5. The number of pyridine rings is 1. The van der Waals surface area contributed by atoms with Gasteiger partial charge in [0.05, 0.1) is 36.9 Å². The average molecular weight is 374 g/mol. The minimum Gasteiger partial charge on any atom is -0.343 e. The fraction of sp³-hybridized carbons (Fsp3) is 0.318. The predicted octanol–water partition coefficient (Wildman–Crippen LogP) is 1.34. The van der Waals surface area contributed by atoms with Crippen LogP contribution in [0.2, 0.25) is 0 Å². The standard InChI is InChI=1S/C22H23N5O/c28-22(24-20-15-26-11-8-16(20)9-12-26)19-14-27(18-6-2-1-3-7-18)25-21(19)17-5-4-10-23-13-17/h1-7,10,13-14,16,20H,8-9,11-12,15H2,(H,24,28)/p+1/t20-/m0/s1. The molecular formula is C22H24N5O+. The molecule has 6 nitrogen and oxygen atoms in total. The number of quaternary nitrogens is 1. The van der Waals surface area contributed by atoms with E-state index in [1.807, 2.05) is 48.7 Å². The van der Waals surface area contributed by atoms with Crippen LogP contribution >= 0.6 is 0 Å². The fourth-order valence-electron chi connectivity index (χ4n) is 4.52. The molecule has 0 spiro atoms. The van der Waals surface area contributed by atoms with Crippen molar-refractivity contribution in [3.63, 3.8) is 0 Å². The van der Waals surface area contributed by atoms with E-state index in [0.717, 1.165) is 17.8 Å². The molecule has 2 N–H and O–H groups in total. The molecule has 3 aliphatic rings. The van der Waals surface area contributed by atoms with Crippen molar-refractivity contribution in [3.05, 3.63) is 66.6 Å². The summed E-state index contributed by atoms with van der Waals surface area (Å²) < 4.78 is 1.78. The summed E-state index contributed by atoms with van der Waals surface area (Å²) in [6.07, 6.45) is 7.74. The van der Waals surface area contributed by atoms with Crippen molar-refractivity contribution in [2.45, 2.75) is 18.9 Å². The number of carbonyl (C=O) groups is 1. The molecule has 0 saturated carbocycles. The molecule has 142 valence electrons. The Morgan fingerprint density at radius 1 is 1.11 bits per heavy atom. The van der Waals surface area contributed by atoms with Crippen molar-refractivity contribution >= 4 is 5.91 Å². The highest BCUT2D eigenvalue weighted by atomic mass is 16.1. The molecule has 1 aromatic carbocycles. The van der Waals surface area contributed by atoms with E-state index in [0.29, 0.717) is 17.2 Å². The van der Waals surface area contributed by atoms with Gasteiger partial charge in [-0.05, 0) is 30.2 Å². The summed E-state index contributed by atoms with van der Waals surface area (Å²) in [5.41, 5.74) is 3.05. The summed E-state index contributed by atoms with van der Waals surface area (Å²) in [4.78, 5) is 19.1. The SMILES string of the molecule is O=C(N[C@H]1C[NH+]2CCC1CC2)c1cn(-c2ccccc2)nc1-c1cccnc1. The zero-order valence-electron chi connectivity index (χ0n) is 15.7. The maximum atomic E-state index is 13.2. The van der Waals surface area contributed by atoms with Crippen molar-refractivity contribution in [1.29, 1.82) is 0 Å². The van der Waals surface area contributed by atoms with Gasteiger partial charge in [-0.25, -0.2) is 4.68 Å². The first kappa shape index (κ1) is 17.1. The van der Waals surface area contributed by atoms with Gasteiger partial charge in [0, 0.05) is 37.0 Å². The Balaban J connectivity index is 1.48. The molecule has 5 heterocycles. The summed E-state index contributed by atoms with van der Waals surface area (Å²) in [5, 5.41) is 8.03. The van der Waals surface area contributed by atoms with Crippen LogP contribution in [0.15, 0.2) is 61.1 Å². The quantitative estimate of drug-likeness (QED) is 0.724. The molecule has 3 aliphatic heterocycles. The molecule has 1 atom stereocenters. The first-order valence-corrected chi connectivity index (χ1v) is 9.98. The van der Waals surface area contributed by atoms with Crippen molar-refractivity contribution < 1.29 is 9.69 Å². The van der Waals surface area contributed by atoms with Gasteiger partial charge in [-0.1, -0.05) is 18.2 Å². The van der Waals surface area contributed by atoms with Crippen molar-refractivity contribution in [2.75, 3.05) is 19.6 Å². The van der Waals surface area contributed by atoms with Gasteiger partial charge in [-0.3, -0.25) is 9.78 Å². The summed E-state index contributed by atoms with van der Waals surface area (Å²) in [6.45, 7) is 3.51. The molecular weight excluding hydrogens is 350 g/mol. The van der Waals surface area contributed by atoms with E-state index in [-0.39, 0.29) is 11.9 Å². The number of para-hydroxylation sites is 1. The maximum Gasteiger partial charge on any atom is 0.255 e. The smallest absolute Gasteiger partial charge is 0.255 e. The monoisotopic (exact) mass is 374 g/mol. The summed E-state index contributed by atoms with van der Waals surface area (Å²) in [6, 6.07) is 13.9. The van der Waals surface area contributed by atoms with Gasteiger partial charge in [0.25, 0.3) is 5.91 Å². The van der Waals surface area contributed by atoms with Crippen LogP contribution in [0.25, 0.3) is 16.9 Å². The first-order valence-electron chi connectivity index (χ1n) is 9.98. The summed E-state index contributed by atoms with van der Waals surface area (Å²) in [5.74, 6) is 0.562. The Kier molecular flexibility index (Phi) is 4.41. The van der Waals surface area contributed by atoms with Gasteiger partial charge in [-0.15, -0.1) is 0 Å². The van der Waals surface area contributed by atoms with Crippen molar-refractivity contribution in [1.82, 2.24) is 20.1 Å². The Hall–Kier alpha value is -2.99. The van der Waals surface area contributed by atoms with Crippen LogP contribution in [-0.2, 0) is 0 Å². The van der Waals surface area contributed by atoms with Gasteiger partial charge in [-0.2, -0.15) is 5.10 Å². The van der Waals surface area contributed by atoms with Crippen LogP contribution in [0.3, 0.4) is 0 Å². The predicted molar refractivity (Wildman–Crippen MR) is 106 cm³/mol. The average Bonchev–Trinajstić information content (AvgIpc) is 3.22. The van der Waals surface area contributed by atoms with Gasteiger partial charge in [0.1, 0.15) is 5.69 Å². The number of amides is 1. The minimum absolute atomic E-state index is 0.0424. The third kappa shape index (κ3) is 3.20. The van der Waals surface area contributed by atoms with Crippen LogP contribution in [0.1, 0.15) is 23.2 Å². The van der Waals surface area contributed by atoms with Gasteiger partial charge >= 0.3 is 0 Å². The number of aromatic nitrogens is 3. The van der Waals surface area contributed by atoms with E-state index >= 15 is 0 Å². The topological polar surface area (TPSA) is 64.2 Å². The molecule has 6 rings (SSSR count). The highest BCUT2D eigenvalue weighted by Crippen LogP contribution is 2.24. The van der Waals surface area contributed by atoms with E-state index in [2.05, 4.69) is 10.3 Å². The van der Waals surface area contributed by atoms with Crippen LogP contribution in [-0.4, -0.2) is 46.3 Å². The molecule has 2 bridgehead atoms. The molecule has 0 radical (unpaired) electrons. The highest BCUT2D eigenvalue weighted by molar-refractivity contribution is 6.00. The van der Waals surface area contributed by atoms with Gasteiger partial charge < -0.3 is 10.2 Å². The molecule has 6 heteroatoms. The third-order valence-electron chi connectivity index (χ3n) is 6.05. The largest absolute Gasteiger partial charge is 0.343 e. The number of rotatable bonds is 4. The Bertz CT molecular complexity index is 961. The maximum absolute atomic E-state index is 13.2. The van der Waals surface area contributed by atoms with Crippen molar-refractivity contribution in [3.8, 4) is 16.9 Å². The lowest BCUT2D eigenvalue weighted by molar-refractivity contribution is -0.917. The molecule has 3 saturated heterocycles. The van der Waals surface area contributed by atoms with Crippen molar-refractivity contribution in [2.24, 2.45) is 5.92 Å². The van der Waals surface area contributed by atoms with Crippen LogP contribution in [0.5, 0.6) is 0 Å². The van der Waals surface area contributed by atoms with E-state index in [1.54, 1.807) is 22.0 Å². The molecule has 3 fully saturated rings. The summed E-state index contributed by atoms with van der Waals surface area (Å²) >= 11 is 0. The molecule has 0 aliphatic carbocycles. The number of fused-ring (bicyclic) bond motifs is 3. The number of hydrogen-bond acceptors (Lipinski definition) is 3. The number of nitrogens with one attached hydrogen (secondary N) is 2. The zero-order valence-corrected chi connectivity index (χ0v) is 15.7. The van der Waals surface area contributed by atoms with Crippen LogP contribution < -0.4 is 10.2 Å². The highest BCUT2D eigenvalue weighted by Gasteiger charge is 2.38. The van der Waals surface area contributed by atoms with E-state index in [9.17, 15) is 4.79 Å².